The summed E-state index contributed by atoms with van der Waals surface area (Å²) in [6, 6.07) is 11.5. The van der Waals surface area contributed by atoms with E-state index in [0.717, 1.165) is 31.5 Å². The van der Waals surface area contributed by atoms with Gasteiger partial charge in [0.1, 0.15) is 0 Å². The van der Waals surface area contributed by atoms with Crippen LogP contribution in [0.5, 0.6) is 0 Å². The predicted octanol–water partition coefficient (Wildman–Crippen LogP) is 1.87. The molecule has 15 heavy (non-hydrogen) atoms. The van der Waals surface area contributed by atoms with E-state index in [1.165, 1.54) is 18.4 Å². The van der Waals surface area contributed by atoms with Crippen LogP contribution in [-0.4, -0.2) is 19.1 Å². The van der Waals surface area contributed by atoms with E-state index in [9.17, 15) is 0 Å². The van der Waals surface area contributed by atoms with Gasteiger partial charge < -0.3 is 11.1 Å². The van der Waals surface area contributed by atoms with Crippen molar-refractivity contribution in [1.29, 1.82) is 0 Å². The molecule has 1 fully saturated rings. The van der Waals surface area contributed by atoms with E-state index in [1.54, 1.807) is 0 Å². The molecule has 1 aliphatic rings. The van der Waals surface area contributed by atoms with Gasteiger partial charge in [0.05, 0.1) is 0 Å². The topological polar surface area (TPSA) is 38.0 Å². The van der Waals surface area contributed by atoms with Gasteiger partial charge in [-0.15, -0.1) is 0 Å². The Balaban J connectivity index is 1.70. The third-order valence-electron chi connectivity index (χ3n) is 3.22. The van der Waals surface area contributed by atoms with Gasteiger partial charge in [-0.25, -0.2) is 0 Å². The Morgan fingerprint density at radius 3 is 2.60 bits per heavy atom. The normalized spacial score (nSPS) is 24.9. The van der Waals surface area contributed by atoms with E-state index in [0.29, 0.717) is 0 Å². The summed E-state index contributed by atoms with van der Waals surface area (Å²) in [5.41, 5.74) is 6.95. The largest absolute Gasteiger partial charge is 0.330 e. The summed E-state index contributed by atoms with van der Waals surface area (Å²) in [6.45, 7) is 1.87. The van der Waals surface area contributed by atoms with Crippen molar-refractivity contribution in [2.75, 3.05) is 13.1 Å². The zero-order chi connectivity index (χ0) is 10.5. The second kappa shape index (κ2) is 5.29. The van der Waals surface area contributed by atoms with Crippen LogP contribution in [-0.2, 0) is 0 Å². The third-order valence-corrected chi connectivity index (χ3v) is 3.22. The lowest BCUT2D eigenvalue weighted by Crippen LogP contribution is -2.40. The molecule has 0 amide bonds. The van der Waals surface area contributed by atoms with Crippen LogP contribution in [0.3, 0.4) is 0 Å². The molecule has 3 N–H and O–H groups in total. The summed E-state index contributed by atoms with van der Waals surface area (Å²) < 4.78 is 0. The van der Waals surface area contributed by atoms with E-state index in [1.807, 2.05) is 0 Å². The average molecular weight is 204 g/mol. The molecule has 1 saturated carbocycles. The standard InChI is InChI=1S/C13H20N2/c14-7-4-8-15-13-9-12(10-13)11-5-2-1-3-6-11/h1-3,5-6,12-13,15H,4,7-10,14H2. The Morgan fingerprint density at radius 2 is 1.93 bits per heavy atom. The number of hydrogen-bond acceptors (Lipinski definition) is 2. The highest BCUT2D eigenvalue weighted by Crippen LogP contribution is 2.36. The monoisotopic (exact) mass is 204 g/mol. The van der Waals surface area contributed by atoms with Crippen LogP contribution in [0.1, 0.15) is 30.7 Å². The summed E-state index contributed by atoms with van der Waals surface area (Å²) in [5, 5.41) is 3.54. The highest BCUT2D eigenvalue weighted by molar-refractivity contribution is 5.22. The molecular formula is C13H20N2. The smallest absolute Gasteiger partial charge is 0.00787 e. The molecule has 0 aliphatic heterocycles. The molecule has 1 aromatic carbocycles. The molecule has 0 unspecified atom stereocenters. The summed E-state index contributed by atoms with van der Waals surface area (Å²) in [6.07, 6.45) is 3.66. The van der Waals surface area contributed by atoms with Gasteiger partial charge in [0.15, 0.2) is 0 Å². The van der Waals surface area contributed by atoms with Gasteiger partial charge in [-0.1, -0.05) is 30.3 Å². The molecule has 0 heterocycles. The summed E-state index contributed by atoms with van der Waals surface area (Å²) >= 11 is 0. The van der Waals surface area contributed by atoms with Crippen LogP contribution in [0.2, 0.25) is 0 Å². The Bertz CT molecular complexity index is 278. The first kappa shape index (κ1) is 10.7. The lowest BCUT2D eigenvalue weighted by Gasteiger charge is -2.36. The molecule has 2 heteroatoms. The average Bonchev–Trinajstić information content (AvgIpc) is 2.23. The van der Waals surface area contributed by atoms with Crippen molar-refractivity contribution in [2.24, 2.45) is 5.73 Å². The quantitative estimate of drug-likeness (QED) is 0.719. The molecule has 2 nitrogen and oxygen atoms in total. The molecule has 1 aliphatic carbocycles. The minimum Gasteiger partial charge on any atom is -0.330 e. The zero-order valence-corrected chi connectivity index (χ0v) is 9.15. The fraction of sp³-hybridized carbons (Fsp3) is 0.538. The lowest BCUT2D eigenvalue weighted by atomic mass is 9.76. The fourth-order valence-corrected chi connectivity index (χ4v) is 2.19. The molecule has 0 spiro atoms. The fourth-order valence-electron chi connectivity index (χ4n) is 2.19. The second-order valence-electron chi connectivity index (χ2n) is 4.37. The predicted molar refractivity (Wildman–Crippen MR) is 63.9 cm³/mol. The number of nitrogens with two attached hydrogens (primary N) is 1. The molecule has 82 valence electrons. The minimum absolute atomic E-state index is 0.724. The number of benzene rings is 1. The molecule has 0 bridgehead atoms. The molecule has 0 atom stereocenters. The summed E-state index contributed by atoms with van der Waals surface area (Å²) in [4.78, 5) is 0. The molecule has 0 radical (unpaired) electrons. The molecular weight excluding hydrogens is 184 g/mol. The van der Waals surface area contributed by atoms with Crippen molar-refractivity contribution >= 4 is 0 Å². The van der Waals surface area contributed by atoms with Crippen molar-refractivity contribution in [1.82, 2.24) is 5.32 Å². The maximum atomic E-state index is 5.45. The van der Waals surface area contributed by atoms with Crippen LogP contribution in [0.25, 0.3) is 0 Å². The van der Waals surface area contributed by atoms with E-state index in [2.05, 4.69) is 35.6 Å². The highest BCUT2D eigenvalue weighted by Gasteiger charge is 2.29. The van der Waals surface area contributed by atoms with Crippen molar-refractivity contribution < 1.29 is 0 Å². The van der Waals surface area contributed by atoms with Crippen LogP contribution in [0.15, 0.2) is 30.3 Å². The first-order valence-corrected chi connectivity index (χ1v) is 5.88. The Kier molecular flexibility index (Phi) is 3.75. The number of hydrogen-bond donors (Lipinski definition) is 2. The summed E-state index contributed by atoms with van der Waals surface area (Å²) in [7, 11) is 0. The lowest BCUT2D eigenvalue weighted by molar-refractivity contribution is 0.291. The molecule has 1 aromatic rings. The van der Waals surface area contributed by atoms with Gasteiger partial charge in [0, 0.05) is 6.04 Å². The Morgan fingerprint density at radius 1 is 1.20 bits per heavy atom. The molecule has 0 saturated heterocycles. The van der Waals surface area contributed by atoms with Crippen LogP contribution < -0.4 is 11.1 Å². The number of nitrogens with one attached hydrogen (secondary N) is 1. The van der Waals surface area contributed by atoms with Crippen LogP contribution in [0.4, 0.5) is 0 Å². The van der Waals surface area contributed by atoms with Gasteiger partial charge in [0.2, 0.25) is 0 Å². The van der Waals surface area contributed by atoms with E-state index < -0.39 is 0 Å². The highest BCUT2D eigenvalue weighted by atomic mass is 14.9. The Hall–Kier alpha value is -0.860. The van der Waals surface area contributed by atoms with Crippen LogP contribution in [0, 0.1) is 0 Å². The van der Waals surface area contributed by atoms with E-state index in [-0.39, 0.29) is 0 Å². The van der Waals surface area contributed by atoms with Gasteiger partial charge in [-0.2, -0.15) is 0 Å². The van der Waals surface area contributed by atoms with E-state index in [4.69, 9.17) is 5.73 Å². The van der Waals surface area contributed by atoms with Gasteiger partial charge >= 0.3 is 0 Å². The second-order valence-corrected chi connectivity index (χ2v) is 4.37. The van der Waals surface area contributed by atoms with Crippen molar-refractivity contribution in [3.8, 4) is 0 Å². The Labute approximate surface area is 91.9 Å². The van der Waals surface area contributed by atoms with Crippen LogP contribution >= 0.6 is 0 Å². The first-order valence-electron chi connectivity index (χ1n) is 5.88. The summed E-state index contributed by atoms with van der Waals surface area (Å²) in [5.74, 6) is 0.779. The zero-order valence-electron chi connectivity index (χ0n) is 9.15. The van der Waals surface area contributed by atoms with Gasteiger partial charge in [-0.05, 0) is 43.8 Å². The van der Waals surface area contributed by atoms with Gasteiger partial charge in [-0.3, -0.25) is 0 Å². The molecule has 2 rings (SSSR count). The maximum absolute atomic E-state index is 5.45. The third kappa shape index (κ3) is 2.80. The SMILES string of the molecule is NCCCNC1CC(c2ccccc2)C1. The van der Waals surface area contributed by atoms with Crippen molar-refractivity contribution in [2.45, 2.75) is 31.2 Å². The van der Waals surface area contributed by atoms with Gasteiger partial charge in [0.25, 0.3) is 0 Å². The van der Waals surface area contributed by atoms with Crippen molar-refractivity contribution in [3.05, 3.63) is 35.9 Å². The minimum atomic E-state index is 0.724. The van der Waals surface area contributed by atoms with Crippen molar-refractivity contribution in [3.63, 3.8) is 0 Å². The number of rotatable bonds is 5. The first-order chi connectivity index (χ1) is 7.40. The van der Waals surface area contributed by atoms with E-state index >= 15 is 0 Å². The maximum Gasteiger partial charge on any atom is 0.00787 e. The molecule has 0 aromatic heterocycles.